The van der Waals surface area contributed by atoms with E-state index in [1.807, 2.05) is 49.4 Å². The topological polar surface area (TPSA) is 79.0 Å². The van der Waals surface area contributed by atoms with Crippen molar-refractivity contribution < 1.29 is 17.9 Å². The molecule has 1 aliphatic rings. The molecule has 0 aliphatic carbocycles. The quantitative estimate of drug-likeness (QED) is 0.435. The molecule has 1 saturated heterocycles. The molecule has 0 spiro atoms. The number of ether oxygens (including phenoxy) is 1. The molecule has 1 fully saturated rings. The summed E-state index contributed by atoms with van der Waals surface area (Å²) in [4.78, 5) is 15.2. The summed E-state index contributed by atoms with van der Waals surface area (Å²) in [5.74, 6) is 0.879. The van der Waals surface area contributed by atoms with Crippen LogP contribution in [0.4, 0.5) is 11.4 Å². The summed E-state index contributed by atoms with van der Waals surface area (Å²) in [5, 5.41) is 2.93. The standard InChI is InChI=1S/C28H33N3O4S/c1-22(23-11-13-24(14-12-23)30-19-7-4-8-20-30)29-28(32)21-31(36(2,33)34)25-15-17-27(18-16-25)35-26-9-5-3-6-10-26/h3,5-6,9-18,22H,4,7-8,19-21H2,1-2H3,(H,29,32). The van der Waals surface area contributed by atoms with Crippen molar-refractivity contribution in [3.8, 4) is 11.5 Å². The predicted molar refractivity (Wildman–Crippen MR) is 144 cm³/mol. The average molecular weight is 508 g/mol. The number of carbonyl (C=O) groups is 1. The number of nitrogens with one attached hydrogen (secondary N) is 1. The number of anilines is 2. The van der Waals surface area contributed by atoms with Gasteiger partial charge in [-0.25, -0.2) is 8.42 Å². The third kappa shape index (κ3) is 6.79. The van der Waals surface area contributed by atoms with Crippen molar-refractivity contribution in [2.24, 2.45) is 0 Å². The Morgan fingerprint density at radius 1 is 0.917 bits per heavy atom. The van der Waals surface area contributed by atoms with Crippen LogP contribution in [-0.2, 0) is 14.8 Å². The zero-order valence-corrected chi connectivity index (χ0v) is 21.6. The summed E-state index contributed by atoms with van der Waals surface area (Å²) < 4.78 is 31.9. The maximum absolute atomic E-state index is 12.8. The van der Waals surface area contributed by atoms with Crippen LogP contribution in [0.1, 0.15) is 37.8 Å². The average Bonchev–Trinajstić information content (AvgIpc) is 2.88. The lowest BCUT2D eigenvalue weighted by molar-refractivity contribution is -0.120. The highest BCUT2D eigenvalue weighted by Gasteiger charge is 2.22. The molecule has 190 valence electrons. The van der Waals surface area contributed by atoms with E-state index in [0.29, 0.717) is 17.2 Å². The highest BCUT2D eigenvalue weighted by molar-refractivity contribution is 7.92. The van der Waals surface area contributed by atoms with Crippen molar-refractivity contribution in [1.82, 2.24) is 5.32 Å². The third-order valence-corrected chi connectivity index (χ3v) is 7.42. The van der Waals surface area contributed by atoms with Gasteiger partial charge < -0.3 is 15.0 Å². The Hall–Kier alpha value is -3.52. The molecule has 1 N–H and O–H groups in total. The molecular weight excluding hydrogens is 474 g/mol. The van der Waals surface area contributed by atoms with Gasteiger partial charge in [0.2, 0.25) is 15.9 Å². The number of amides is 1. The van der Waals surface area contributed by atoms with Gasteiger partial charge in [0, 0.05) is 18.8 Å². The fraction of sp³-hybridized carbons (Fsp3) is 0.321. The molecule has 1 atom stereocenters. The Bertz CT molecular complexity index is 1240. The number of hydrogen-bond acceptors (Lipinski definition) is 5. The van der Waals surface area contributed by atoms with Crippen molar-refractivity contribution in [3.63, 3.8) is 0 Å². The van der Waals surface area contributed by atoms with Crippen LogP contribution in [0.3, 0.4) is 0 Å². The maximum Gasteiger partial charge on any atom is 0.241 e. The molecule has 0 saturated carbocycles. The molecule has 7 nitrogen and oxygen atoms in total. The normalized spacial score (nSPS) is 14.7. The first-order valence-corrected chi connectivity index (χ1v) is 14.1. The Morgan fingerprint density at radius 3 is 2.14 bits per heavy atom. The molecule has 1 aliphatic heterocycles. The zero-order valence-electron chi connectivity index (χ0n) is 20.8. The molecule has 3 aromatic carbocycles. The number of nitrogens with zero attached hydrogens (tertiary/aromatic N) is 2. The first-order valence-electron chi connectivity index (χ1n) is 12.2. The maximum atomic E-state index is 12.8. The van der Waals surface area contributed by atoms with Crippen LogP contribution in [0.5, 0.6) is 11.5 Å². The minimum atomic E-state index is -3.68. The van der Waals surface area contributed by atoms with Gasteiger partial charge in [-0.3, -0.25) is 9.10 Å². The van der Waals surface area contributed by atoms with Gasteiger partial charge in [-0.1, -0.05) is 30.3 Å². The van der Waals surface area contributed by atoms with Gasteiger partial charge in [-0.2, -0.15) is 0 Å². The lowest BCUT2D eigenvalue weighted by Crippen LogP contribution is -2.41. The fourth-order valence-electron chi connectivity index (χ4n) is 4.33. The van der Waals surface area contributed by atoms with Gasteiger partial charge in [0.25, 0.3) is 0 Å². The first kappa shape index (κ1) is 25.6. The van der Waals surface area contributed by atoms with Gasteiger partial charge in [0.15, 0.2) is 0 Å². The van der Waals surface area contributed by atoms with Gasteiger partial charge in [-0.15, -0.1) is 0 Å². The van der Waals surface area contributed by atoms with Crippen molar-refractivity contribution in [3.05, 3.63) is 84.4 Å². The zero-order chi connectivity index (χ0) is 25.5. The third-order valence-electron chi connectivity index (χ3n) is 6.28. The number of benzene rings is 3. The molecule has 3 aromatic rings. The molecular formula is C28H33N3O4S. The predicted octanol–water partition coefficient (Wildman–Crippen LogP) is 5.11. The van der Waals surface area contributed by atoms with Crippen LogP contribution >= 0.6 is 0 Å². The summed E-state index contributed by atoms with van der Waals surface area (Å²) in [6.45, 7) is 3.74. The number of piperidine rings is 1. The van der Waals surface area contributed by atoms with Gasteiger partial charge in [0.1, 0.15) is 18.0 Å². The van der Waals surface area contributed by atoms with E-state index < -0.39 is 10.0 Å². The molecule has 4 rings (SSSR count). The second kappa shape index (κ2) is 11.5. The molecule has 1 amide bonds. The lowest BCUT2D eigenvalue weighted by Gasteiger charge is -2.29. The summed E-state index contributed by atoms with van der Waals surface area (Å²) in [6.07, 6.45) is 4.81. The van der Waals surface area contributed by atoms with E-state index in [4.69, 9.17) is 4.74 Å². The Balaban J connectivity index is 1.38. The number of hydrogen-bond donors (Lipinski definition) is 1. The number of para-hydroxylation sites is 1. The summed E-state index contributed by atoms with van der Waals surface area (Å²) in [7, 11) is -3.68. The molecule has 0 radical (unpaired) electrons. The SMILES string of the molecule is CC(NC(=O)CN(c1ccc(Oc2ccccc2)cc1)S(C)(=O)=O)c1ccc(N2CCCCC2)cc1. The lowest BCUT2D eigenvalue weighted by atomic mass is 10.1. The Morgan fingerprint density at radius 2 is 1.53 bits per heavy atom. The molecule has 1 unspecified atom stereocenters. The van der Waals surface area contributed by atoms with Crippen molar-refractivity contribution >= 4 is 27.3 Å². The number of carbonyl (C=O) groups excluding carboxylic acids is 1. The molecule has 0 bridgehead atoms. The van der Waals surface area contributed by atoms with E-state index in [2.05, 4.69) is 22.3 Å². The van der Waals surface area contributed by atoms with E-state index >= 15 is 0 Å². The smallest absolute Gasteiger partial charge is 0.241 e. The van der Waals surface area contributed by atoms with Crippen molar-refractivity contribution in [2.75, 3.05) is 35.1 Å². The first-order chi connectivity index (χ1) is 17.3. The van der Waals surface area contributed by atoms with Gasteiger partial charge in [-0.05, 0) is 80.3 Å². The van der Waals surface area contributed by atoms with E-state index in [9.17, 15) is 13.2 Å². The van der Waals surface area contributed by atoms with Crippen LogP contribution in [0.15, 0.2) is 78.9 Å². The second-order valence-corrected chi connectivity index (χ2v) is 11.0. The van der Waals surface area contributed by atoms with E-state index in [1.54, 1.807) is 24.3 Å². The van der Waals surface area contributed by atoms with Crippen LogP contribution in [0.2, 0.25) is 0 Å². The van der Waals surface area contributed by atoms with Crippen LogP contribution in [0.25, 0.3) is 0 Å². The van der Waals surface area contributed by atoms with Crippen LogP contribution in [-0.4, -0.2) is 40.2 Å². The highest BCUT2D eigenvalue weighted by atomic mass is 32.2. The summed E-state index contributed by atoms with van der Waals surface area (Å²) in [6, 6.07) is 23.9. The summed E-state index contributed by atoms with van der Waals surface area (Å²) in [5.41, 5.74) is 2.56. The van der Waals surface area contributed by atoms with E-state index in [1.165, 1.54) is 24.9 Å². The van der Waals surface area contributed by atoms with Gasteiger partial charge >= 0.3 is 0 Å². The molecule has 36 heavy (non-hydrogen) atoms. The van der Waals surface area contributed by atoms with E-state index in [-0.39, 0.29) is 18.5 Å². The monoisotopic (exact) mass is 507 g/mol. The molecule has 1 heterocycles. The van der Waals surface area contributed by atoms with Crippen molar-refractivity contribution in [1.29, 1.82) is 0 Å². The number of sulfonamides is 1. The van der Waals surface area contributed by atoms with Gasteiger partial charge in [0.05, 0.1) is 18.0 Å². The molecule has 8 heteroatoms. The highest BCUT2D eigenvalue weighted by Crippen LogP contribution is 2.26. The second-order valence-electron chi connectivity index (χ2n) is 9.11. The Labute approximate surface area is 213 Å². The van der Waals surface area contributed by atoms with Crippen LogP contribution < -0.4 is 19.3 Å². The minimum absolute atomic E-state index is 0.254. The number of rotatable bonds is 9. The van der Waals surface area contributed by atoms with Crippen molar-refractivity contribution in [2.45, 2.75) is 32.2 Å². The largest absolute Gasteiger partial charge is 0.457 e. The molecule has 0 aromatic heterocycles. The fourth-order valence-corrected chi connectivity index (χ4v) is 5.19. The minimum Gasteiger partial charge on any atom is -0.457 e. The summed E-state index contributed by atoms with van der Waals surface area (Å²) >= 11 is 0. The van der Waals surface area contributed by atoms with Crippen LogP contribution in [0, 0.1) is 0 Å². The Kier molecular flexibility index (Phi) is 8.15. The van der Waals surface area contributed by atoms with E-state index in [0.717, 1.165) is 29.2 Å².